The quantitative estimate of drug-likeness (QED) is 0.474. The van der Waals surface area contributed by atoms with E-state index in [-0.39, 0.29) is 23.1 Å². The third-order valence-corrected chi connectivity index (χ3v) is 6.92. The molecule has 1 atom stereocenters. The smallest absolute Gasteiger partial charge is 0.227 e. The first kappa shape index (κ1) is 21.2. The van der Waals surface area contributed by atoms with Gasteiger partial charge in [-0.25, -0.2) is 9.07 Å². The van der Waals surface area contributed by atoms with E-state index in [9.17, 15) is 9.18 Å². The van der Waals surface area contributed by atoms with Gasteiger partial charge in [0.2, 0.25) is 11.1 Å². The van der Waals surface area contributed by atoms with Crippen LogP contribution < -0.4 is 5.32 Å². The highest BCUT2D eigenvalue weighted by Crippen LogP contribution is 2.45. The lowest BCUT2D eigenvalue weighted by Gasteiger charge is -2.38. The van der Waals surface area contributed by atoms with Crippen molar-refractivity contribution < 1.29 is 9.18 Å². The lowest BCUT2D eigenvalue weighted by molar-refractivity contribution is -0.118. The third-order valence-electron chi connectivity index (χ3n) is 5.76. The average molecular weight is 469 g/mol. The number of thioether (sulfide) groups is 1. The molecule has 3 aromatic rings. The van der Waals surface area contributed by atoms with E-state index in [0.717, 1.165) is 28.8 Å². The van der Waals surface area contributed by atoms with Gasteiger partial charge in [0.15, 0.2) is 5.78 Å². The molecule has 0 amide bonds. The topological polar surface area (TPSA) is 59.8 Å². The van der Waals surface area contributed by atoms with E-state index in [0.29, 0.717) is 28.3 Å². The van der Waals surface area contributed by atoms with Crippen LogP contribution >= 0.6 is 23.4 Å². The van der Waals surface area contributed by atoms with Crippen molar-refractivity contribution >= 4 is 35.1 Å². The number of hydrogen-bond donors (Lipinski definition) is 1. The monoisotopic (exact) mass is 468 g/mol. The summed E-state index contributed by atoms with van der Waals surface area (Å²) in [6.07, 6.45) is 1.25. The molecule has 1 aliphatic heterocycles. The number of rotatable bonds is 4. The van der Waals surface area contributed by atoms with Crippen molar-refractivity contribution in [3.63, 3.8) is 0 Å². The summed E-state index contributed by atoms with van der Waals surface area (Å²) in [7, 11) is 0. The zero-order chi connectivity index (χ0) is 22.5. The molecule has 0 unspecified atom stereocenters. The first-order chi connectivity index (χ1) is 15.3. The van der Waals surface area contributed by atoms with E-state index in [2.05, 4.69) is 24.1 Å². The van der Waals surface area contributed by atoms with Gasteiger partial charge in [-0.05, 0) is 47.2 Å². The number of nitrogens with zero attached hydrogens (tertiary/aromatic N) is 3. The van der Waals surface area contributed by atoms with Gasteiger partial charge in [-0.2, -0.15) is 4.98 Å². The third kappa shape index (κ3) is 4.07. The van der Waals surface area contributed by atoms with Crippen LogP contribution in [0.4, 0.5) is 10.3 Å². The van der Waals surface area contributed by atoms with Gasteiger partial charge in [0.05, 0.1) is 0 Å². The van der Waals surface area contributed by atoms with E-state index in [4.69, 9.17) is 16.7 Å². The number of nitrogens with one attached hydrogen (secondary N) is 1. The number of aromatic nitrogens is 3. The fourth-order valence-electron chi connectivity index (χ4n) is 4.38. The minimum Gasteiger partial charge on any atom is -0.328 e. The van der Waals surface area contributed by atoms with Crippen molar-refractivity contribution in [3.8, 4) is 0 Å². The van der Waals surface area contributed by atoms with Gasteiger partial charge in [0.1, 0.15) is 11.9 Å². The van der Waals surface area contributed by atoms with Crippen molar-refractivity contribution in [1.82, 2.24) is 14.8 Å². The van der Waals surface area contributed by atoms with E-state index in [1.165, 1.54) is 23.9 Å². The predicted molar refractivity (Wildman–Crippen MR) is 124 cm³/mol. The van der Waals surface area contributed by atoms with Crippen LogP contribution in [-0.4, -0.2) is 20.5 Å². The highest BCUT2D eigenvalue weighted by Gasteiger charge is 2.41. The molecule has 8 heteroatoms. The number of carbonyl (C=O) groups is 1. The maximum Gasteiger partial charge on any atom is 0.227 e. The Labute approximate surface area is 195 Å². The summed E-state index contributed by atoms with van der Waals surface area (Å²) in [5.41, 5.74) is 3.33. The molecule has 0 saturated heterocycles. The Morgan fingerprint density at radius 1 is 1.22 bits per heavy atom. The number of halogens is 2. The molecule has 1 N–H and O–H groups in total. The molecule has 1 aromatic heterocycles. The second-order valence-electron chi connectivity index (χ2n) is 8.99. The normalized spacial score (nSPS) is 19.4. The summed E-state index contributed by atoms with van der Waals surface area (Å²) in [6, 6.07) is 13.7. The predicted octanol–water partition coefficient (Wildman–Crippen LogP) is 6.02. The van der Waals surface area contributed by atoms with Crippen molar-refractivity contribution in [2.45, 2.75) is 43.6 Å². The molecule has 5 rings (SSSR count). The van der Waals surface area contributed by atoms with Crippen LogP contribution in [0.3, 0.4) is 0 Å². The Kier molecular flexibility index (Phi) is 5.34. The molecule has 32 heavy (non-hydrogen) atoms. The van der Waals surface area contributed by atoms with E-state index in [1.54, 1.807) is 10.7 Å². The standard InChI is InChI=1S/C24H22ClFN4OS/c1-24(2)11-18-20(19(31)12-24)21(15-6-8-16(25)9-7-15)30-22(27-18)28-23(29-30)32-13-14-4-3-5-17(26)10-14/h3-10,21H,11-13H2,1-2H3,(H,27,28,29)/t21-/m0/s1. The summed E-state index contributed by atoms with van der Waals surface area (Å²) in [5.74, 6) is 1.02. The molecule has 2 heterocycles. The lowest BCUT2D eigenvalue weighted by Crippen LogP contribution is -2.36. The van der Waals surface area contributed by atoms with Crippen LogP contribution in [0.25, 0.3) is 0 Å². The Balaban J connectivity index is 1.52. The minimum absolute atomic E-state index is 0.120. The number of allylic oxidation sites excluding steroid dienone is 2. The molecule has 5 nitrogen and oxygen atoms in total. The van der Waals surface area contributed by atoms with Crippen LogP contribution in [0.5, 0.6) is 0 Å². The fourth-order valence-corrected chi connectivity index (χ4v) is 5.28. The highest BCUT2D eigenvalue weighted by molar-refractivity contribution is 7.98. The second-order valence-corrected chi connectivity index (χ2v) is 10.4. The van der Waals surface area contributed by atoms with Gasteiger partial charge < -0.3 is 5.32 Å². The first-order valence-electron chi connectivity index (χ1n) is 10.4. The Bertz CT molecular complexity index is 1240. The zero-order valence-corrected chi connectivity index (χ0v) is 19.3. The van der Waals surface area contributed by atoms with Gasteiger partial charge in [-0.1, -0.05) is 61.5 Å². The van der Waals surface area contributed by atoms with Gasteiger partial charge in [0, 0.05) is 28.5 Å². The number of fused-ring (bicyclic) bond motifs is 1. The number of ketones is 1. The second kappa shape index (κ2) is 8.05. The molecule has 1 aliphatic carbocycles. The number of Topliss-reactive ketones (excluding diaryl/α,β-unsaturated/α-hetero) is 1. The maximum atomic E-state index is 13.5. The van der Waals surface area contributed by atoms with Crippen LogP contribution in [0, 0.1) is 11.2 Å². The molecule has 2 aromatic carbocycles. The van der Waals surface area contributed by atoms with E-state index >= 15 is 0 Å². The molecular weight excluding hydrogens is 447 g/mol. The lowest BCUT2D eigenvalue weighted by atomic mass is 9.73. The summed E-state index contributed by atoms with van der Waals surface area (Å²) in [4.78, 5) is 17.9. The van der Waals surface area contributed by atoms with E-state index < -0.39 is 0 Å². The summed E-state index contributed by atoms with van der Waals surface area (Å²) in [5, 5.41) is 9.30. The van der Waals surface area contributed by atoms with Crippen molar-refractivity contribution in [3.05, 3.63) is 81.8 Å². The summed E-state index contributed by atoms with van der Waals surface area (Å²) < 4.78 is 15.3. The number of hydrogen-bond acceptors (Lipinski definition) is 5. The molecule has 0 radical (unpaired) electrons. The van der Waals surface area contributed by atoms with Crippen molar-refractivity contribution in [1.29, 1.82) is 0 Å². The summed E-state index contributed by atoms with van der Waals surface area (Å²) in [6.45, 7) is 4.21. The van der Waals surface area contributed by atoms with Crippen LogP contribution in [0.1, 0.15) is 43.9 Å². The van der Waals surface area contributed by atoms with Crippen LogP contribution in [-0.2, 0) is 10.5 Å². The molecule has 0 spiro atoms. The number of carbonyl (C=O) groups excluding carboxylic acids is 1. The van der Waals surface area contributed by atoms with Crippen molar-refractivity contribution in [2.75, 3.05) is 5.32 Å². The van der Waals surface area contributed by atoms with Gasteiger partial charge in [-0.3, -0.25) is 4.79 Å². The molecular formula is C24H22ClFN4OS. The van der Waals surface area contributed by atoms with Gasteiger partial charge in [0.25, 0.3) is 0 Å². The minimum atomic E-state index is -0.363. The highest BCUT2D eigenvalue weighted by atomic mass is 35.5. The van der Waals surface area contributed by atoms with E-state index in [1.807, 2.05) is 30.3 Å². The van der Waals surface area contributed by atoms with Gasteiger partial charge >= 0.3 is 0 Å². The molecule has 0 saturated carbocycles. The molecule has 164 valence electrons. The molecule has 2 aliphatic rings. The average Bonchev–Trinajstić information content (AvgIpc) is 3.13. The molecule has 0 bridgehead atoms. The zero-order valence-electron chi connectivity index (χ0n) is 17.7. The fraction of sp³-hybridized carbons (Fsp3) is 0.292. The maximum absolute atomic E-state index is 13.5. The van der Waals surface area contributed by atoms with Gasteiger partial charge in [-0.15, -0.1) is 5.10 Å². The number of anilines is 1. The Hall–Kier alpha value is -2.64. The van der Waals surface area contributed by atoms with Crippen LogP contribution in [0.15, 0.2) is 65.0 Å². The number of benzene rings is 2. The first-order valence-corrected chi connectivity index (χ1v) is 11.8. The Morgan fingerprint density at radius 2 is 2.00 bits per heavy atom. The molecule has 0 fully saturated rings. The summed E-state index contributed by atoms with van der Waals surface area (Å²) >= 11 is 7.55. The van der Waals surface area contributed by atoms with Crippen LogP contribution in [0.2, 0.25) is 5.02 Å². The SMILES string of the molecule is CC1(C)CC(=O)C2=C(C1)Nc1nc(SCc3cccc(F)c3)nn1[C@H]2c1ccc(Cl)cc1. The largest absolute Gasteiger partial charge is 0.328 e. The Morgan fingerprint density at radius 3 is 2.75 bits per heavy atom. The van der Waals surface area contributed by atoms with Crippen molar-refractivity contribution in [2.24, 2.45) is 5.41 Å².